The van der Waals surface area contributed by atoms with E-state index in [2.05, 4.69) is 24.9 Å². The molecule has 3 nitrogen and oxygen atoms in total. The van der Waals surface area contributed by atoms with Crippen LogP contribution in [0.2, 0.25) is 0 Å². The molecule has 0 fully saturated rings. The van der Waals surface area contributed by atoms with Crippen LogP contribution < -0.4 is 10.5 Å². The number of fused-ring (bicyclic) bond motifs is 1. The van der Waals surface area contributed by atoms with Gasteiger partial charge in [-0.25, -0.2) is 4.98 Å². The molecule has 1 aromatic heterocycles. The molecule has 3 heteroatoms. The molecule has 1 aromatic carbocycles. The second-order valence-electron chi connectivity index (χ2n) is 5.32. The van der Waals surface area contributed by atoms with Crippen molar-refractivity contribution in [2.75, 3.05) is 12.3 Å². The van der Waals surface area contributed by atoms with Crippen LogP contribution >= 0.6 is 0 Å². The molecule has 0 radical (unpaired) electrons. The maximum absolute atomic E-state index is 5.92. The molecule has 0 bridgehead atoms. The standard InChI is InChI=1S/C15H16N2O/c1-15(2)9-18-13-6-5-10(8-12(13)15)11-4-3-7-17-14(11)16/h3-8H,9H2,1-2H3,(H2,16,17). The molecule has 1 aliphatic heterocycles. The van der Waals surface area contributed by atoms with E-state index in [1.54, 1.807) is 6.20 Å². The van der Waals surface area contributed by atoms with Gasteiger partial charge in [0.05, 0.1) is 6.61 Å². The third kappa shape index (κ3) is 1.63. The number of nitrogens with zero attached hydrogens (tertiary/aromatic N) is 1. The Hall–Kier alpha value is -2.03. The second kappa shape index (κ2) is 3.73. The van der Waals surface area contributed by atoms with E-state index < -0.39 is 0 Å². The average molecular weight is 240 g/mol. The molecule has 2 N–H and O–H groups in total. The van der Waals surface area contributed by atoms with Gasteiger partial charge in [-0.05, 0) is 29.8 Å². The lowest BCUT2D eigenvalue weighted by Crippen LogP contribution is -2.18. The van der Waals surface area contributed by atoms with Crippen LogP contribution in [0.5, 0.6) is 5.75 Å². The van der Waals surface area contributed by atoms with Gasteiger partial charge in [-0.2, -0.15) is 0 Å². The molecular formula is C15H16N2O. The Balaban J connectivity index is 2.14. The van der Waals surface area contributed by atoms with Gasteiger partial charge in [-0.15, -0.1) is 0 Å². The third-order valence-corrected chi connectivity index (χ3v) is 3.45. The first-order chi connectivity index (χ1) is 8.58. The predicted octanol–water partition coefficient (Wildman–Crippen LogP) is 3.00. The van der Waals surface area contributed by atoms with Gasteiger partial charge in [-0.3, -0.25) is 0 Å². The highest BCUT2D eigenvalue weighted by molar-refractivity contribution is 5.75. The number of aromatic nitrogens is 1. The van der Waals surface area contributed by atoms with Crippen molar-refractivity contribution < 1.29 is 4.74 Å². The first-order valence-corrected chi connectivity index (χ1v) is 6.06. The van der Waals surface area contributed by atoms with Gasteiger partial charge < -0.3 is 10.5 Å². The third-order valence-electron chi connectivity index (χ3n) is 3.45. The number of hydrogen-bond donors (Lipinski definition) is 1. The highest BCUT2D eigenvalue weighted by Crippen LogP contribution is 2.40. The number of nitrogens with two attached hydrogens (primary N) is 1. The van der Waals surface area contributed by atoms with E-state index in [0.717, 1.165) is 23.5 Å². The van der Waals surface area contributed by atoms with E-state index in [-0.39, 0.29) is 5.41 Å². The van der Waals surface area contributed by atoms with Crippen LogP contribution in [0, 0.1) is 0 Å². The normalized spacial score (nSPS) is 16.1. The van der Waals surface area contributed by atoms with Crippen molar-refractivity contribution >= 4 is 5.82 Å². The fourth-order valence-electron chi connectivity index (χ4n) is 2.35. The van der Waals surface area contributed by atoms with Crippen LogP contribution in [0.25, 0.3) is 11.1 Å². The summed E-state index contributed by atoms with van der Waals surface area (Å²) in [6.45, 7) is 5.11. The van der Waals surface area contributed by atoms with Crippen molar-refractivity contribution in [3.63, 3.8) is 0 Å². The smallest absolute Gasteiger partial charge is 0.131 e. The van der Waals surface area contributed by atoms with Crippen molar-refractivity contribution in [3.05, 3.63) is 42.1 Å². The number of hydrogen-bond acceptors (Lipinski definition) is 3. The Bertz CT molecular complexity index is 605. The molecule has 0 saturated heterocycles. The molecule has 1 aliphatic rings. The molecule has 18 heavy (non-hydrogen) atoms. The molecule has 0 atom stereocenters. The van der Waals surface area contributed by atoms with Crippen LogP contribution in [-0.2, 0) is 5.41 Å². The van der Waals surface area contributed by atoms with Gasteiger partial charge in [-0.1, -0.05) is 19.9 Å². The quantitative estimate of drug-likeness (QED) is 0.833. The zero-order chi connectivity index (χ0) is 12.8. The summed E-state index contributed by atoms with van der Waals surface area (Å²) in [7, 11) is 0. The molecule has 0 unspecified atom stereocenters. The minimum Gasteiger partial charge on any atom is -0.492 e. The van der Waals surface area contributed by atoms with Crippen LogP contribution in [0.3, 0.4) is 0 Å². The van der Waals surface area contributed by atoms with E-state index in [4.69, 9.17) is 10.5 Å². The molecule has 3 rings (SSSR count). The second-order valence-corrected chi connectivity index (χ2v) is 5.32. The maximum Gasteiger partial charge on any atom is 0.131 e. The highest BCUT2D eigenvalue weighted by Gasteiger charge is 2.31. The Kier molecular flexibility index (Phi) is 2.30. The number of rotatable bonds is 1. The van der Waals surface area contributed by atoms with Crippen LogP contribution in [0.15, 0.2) is 36.5 Å². The minimum absolute atomic E-state index is 0.0579. The van der Waals surface area contributed by atoms with Crippen molar-refractivity contribution in [1.29, 1.82) is 0 Å². The summed E-state index contributed by atoms with van der Waals surface area (Å²) in [5.74, 6) is 1.54. The number of pyridine rings is 1. The summed E-state index contributed by atoms with van der Waals surface area (Å²) < 4.78 is 5.69. The Labute approximate surface area is 107 Å². The predicted molar refractivity (Wildman–Crippen MR) is 72.6 cm³/mol. The lowest BCUT2D eigenvalue weighted by molar-refractivity contribution is 0.291. The fourth-order valence-corrected chi connectivity index (χ4v) is 2.35. The largest absolute Gasteiger partial charge is 0.492 e. The van der Waals surface area contributed by atoms with Crippen molar-refractivity contribution in [2.45, 2.75) is 19.3 Å². The lowest BCUT2D eigenvalue weighted by atomic mass is 9.85. The molecule has 2 heterocycles. The fraction of sp³-hybridized carbons (Fsp3) is 0.267. The first kappa shape index (κ1) is 11.1. The summed E-state index contributed by atoms with van der Waals surface area (Å²) in [5, 5.41) is 0. The van der Waals surface area contributed by atoms with Gasteiger partial charge in [0.1, 0.15) is 11.6 Å². The van der Waals surface area contributed by atoms with Crippen molar-refractivity contribution in [3.8, 4) is 16.9 Å². The number of nitrogen functional groups attached to an aromatic ring is 1. The number of anilines is 1. The molecular weight excluding hydrogens is 224 g/mol. The van der Waals surface area contributed by atoms with Crippen LogP contribution in [0.1, 0.15) is 19.4 Å². The minimum atomic E-state index is 0.0579. The molecule has 92 valence electrons. The van der Waals surface area contributed by atoms with E-state index in [1.807, 2.05) is 24.3 Å². The van der Waals surface area contributed by atoms with E-state index in [1.165, 1.54) is 5.56 Å². The van der Waals surface area contributed by atoms with Crippen molar-refractivity contribution in [1.82, 2.24) is 4.98 Å². The summed E-state index contributed by atoms with van der Waals surface area (Å²) in [6.07, 6.45) is 1.71. The van der Waals surface area contributed by atoms with E-state index in [0.29, 0.717) is 5.82 Å². The summed E-state index contributed by atoms with van der Waals surface area (Å²) in [6, 6.07) is 10.1. The van der Waals surface area contributed by atoms with Crippen molar-refractivity contribution in [2.24, 2.45) is 0 Å². The van der Waals surface area contributed by atoms with Crippen LogP contribution in [0.4, 0.5) is 5.82 Å². The van der Waals surface area contributed by atoms with Gasteiger partial charge in [0.2, 0.25) is 0 Å². The molecule has 0 spiro atoms. The summed E-state index contributed by atoms with van der Waals surface area (Å²) >= 11 is 0. The zero-order valence-corrected chi connectivity index (χ0v) is 10.6. The number of ether oxygens (including phenoxy) is 1. The Morgan fingerprint density at radius 2 is 2.11 bits per heavy atom. The molecule has 0 saturated carbocycles. The highest BCUT2D eigenvalue weighted by atomic mass is 16.5. The average Bonchev–Trinajstić information content (AvgIpc) is 2.66. The maximum atomic E-state index is 5.92. The molecule has 0 aliphatic carbocycles. The van der Waals surface area contributed by atoms with Gasteiger partial charge in [0.25, 0.3) is 0 Å². The van der Waals surface area contributed by atoms with Gasteiger partial charge >= 0.3 is 0 Å². The molecule has 2 aromatic rings. The monoisotopic (exact) mass is 240 g/mol. The zero-order valence-electron chi connectivity index (χ0n) is 10.6. The van der Waals surface area contributed by atoms with E-state index >= 15 is 0 Å². The molecule has 0 amide bonds. The Morgan fingerprint density at radius 3 is 2.89 bits per heavy atom. The summed E-state index contributed by atoms with van der Waals surface area (Å²) in [4.78, 5) is 4.13. The van der Waals surface area contributed by atoms with Gasteiger partial charge in [0.15, 0.2) is 0 Å². The Morgan fingerprint density at radius 1 is 1.28 bits per heavy atom. The number of benzene rings is 1. The van der Waals surface area contributed by atoms with Crippen LogP contribution in [-0.4, -0.2) is 11.6 Å². The lowest BCUT2D eigenvalue weighted by Gasteiger charge is -2.16. The topological polar surface area (TPSA) is 48.1 Å². The SMILES string of the molecule is CC1(C)COc2ccc(-c3cccnc3N)cc21. The first-order valence-electron chi connectivity index (χ1n) is 6.06. The summed E-state index contributed by atoms with van der Waals surface area (Å²) in [5.41, 5.74) is 9.29. The van der Waals surface area contributed by atoms with Gasteiger partial charge in [0, 0.05) is 22.7 Å². The van der Waals surface area contributed by atoms with E-state index in [9.17, 15) is 0 Å².